The Morgan fingerprint density at radius 2 is 1.83 bits per heavy atom. The van der Waals surface area contributed by atoms with Gasteiger partial charge in [0, 0.05) is 5.56 Å². The van der Waals surface area contributed by atoms with Gasteiger partial charge in [0.25, 0.3) is 0 Å². The van der Waals surface area contributed by atoms with Crippen LogP contribution in [0.5, 0.6) is 0 Å². The van der Waals surface area contributed by atoms with Crippen LogP contribution in [0.3, 0.4) is 0 Å². The fourth-order valence-electron chi connectivity index (χ4n) is 1.43. The molecule has 1 rings (SSSR count). The van der Waals surface area contributed by atoms with E-state index in [1.54, 1.807) is 6.07 Å². The van der Waals surface area contributed by atoms with Crippen molar-refractivity contribution in [1.29, 1.82) is 0 Å². The van der Waals surface area contributed by atoms with E-state index in [2.05, 4.69) is 19.2 Å². The van der Waals surface area contributed by atoms with E-state index in [9.17, 15) is 4.39 Å². The van der Waals surface area contributed by atoms with Crippen LogP contribution in [0.25, 0.3) is 5.57 Å². The fourth-order valence-corrected chi connectivity index (χ4v) is 1.43. The quantitative estimate of drug-likeness (QED) is 0.808. The third kappa shape index (κ3) is 7.23. The number of allylic oxidation sites excluding steroid dienone is 1. The van der Waals surface area contributed by atoms with Crippen LogP contribution in [0.2, 0.25) is 0 Å². The monoisotopic (exact) mass is 253 g/mol. The summed E-state index contributed by atoms with van der Waals surface area (Å²) in [4.78, 5) is 0. The lowest BCUT2D eigenvalue weighted by Gasteiger charge is -2.06. The van der Waals surface area contributed by atoms with Gasteiger partial charge in [-0.3, -0.25) is 0 Å². The fraction of sp³-hybridized carbons (Fsp3) is 0.500. The highest BCUT2D eigenvalue weighted by atomic mass is 19.1. The lowest BCUT2D eigenvalue weighted by molar-refractivity contribution is 0.621. The van der Waals surface area contributed by atoms with Gasteiger partial charge in [-0.1, -0.05) is 45.9 Å². The van der Waals surface area contributed by atoms with Gasteiger partial charge in [-0.15, -0.1) is 0 Å². The second-order valence-corrected chi connectivity index (χ2v) is 3.69. The van der Waals surface area contributed by atoms with Crippen molar-refractivity contribution in [2.45, 2.75) is 47.0 Å². The molecule has 0 saturated heterocycles. The summed E-state index contributed by atoms with van der Waals surface area (Å²) in [6.45, 7) is 11.9. The zero-order valence-electron chi connectivity index (χ0n) is 12.5. The summed E-state index contributed by atoms with van der Waals surface area (Å²) >= 11 is 0. The van der Waals surface area contributed by atoms with Gasteiger partial charge >= 0.3 is 0 Å². The Morgan fingerprint density at radius 1 is 1.28 bits per heavy atom. The third-order valence-corrected chi connectivity index (χ3v) is 2.34. The Balaban J connectivity index is 0. The molecule has 0 fully saturated rings. The number of hydrogen-bond donors (Lipinski definition) is 1. The number of aryl methyl sites for hydroxylation is 1. The maximum Gasteiger partial charge on any atom is 0.130 e. The molecule has 18 heavy (non-hydrogen) atoms. The molecule has 0 amide bonds. The van der Waals surface area contributed by atoms with E-state index in [1.807, 2.05) is 32.9 Å². The third-order valence-electron chi connectivity index (χ3n) is 2.34. The molecule has 2 heteroatoms. The van der Waals surface area contributed by atoms with Crippen LogP contribution in [0.4, 0.5) is 4.39 Å². The second kappa shape index (κ2) is 12.3. The van der Waals surface area contributed by atoms with E-state index in [0.29, 0.717) is 5.56 Å². The maximum absolute atomic E-state index is 13.5. The molecule has 2 N–H and O–H groups in total. The molecule has 1 aromatic rings. The van der Waals surface area contributed by atoms with Crippen LogP contribution in [0.15, 0.2) is 24.8 Å². The highest BCUT2D eigenvalue weighted by Gasteiger charge is 2.05. The summed E-state index contributed by atoms with van der Waals surface area (Å²) < 4.78 is 13.5. The number of rotatable bonds is 4. The number of benzene rings is 1. The maximum atomic E-state index is 13.5. The van der Waals surface area contributed by atoms with Crippen molar-refractivity contribution in [2.75, 3.05) is 7.05 Å². The number of unbranched alkanes of at least 4 members (excludes halogenated alkanes) is 1. The van der Waals surface area contributed by atoms with Crippen LogP contribution in [-0.2, 0) is 0 Å². The standard InChI is InChI=1S/C13H17F.C2H6.CH5N/c1-4-5-6-11(3)12-8-7-10(2)9-13(12)14;2*1-2/h7-9H,3-6H2,1-2H3;1-2H3;2H2,1H3. The summed E-state index contributed by atoms with van der Waals surface area (Å²) in [7, 11) is 1.50. The first-order valence-corrected chi connectivity index (χ1v) is 6.67. The molecular formula is C16H28FN. The molecular weight excluding hydrogens is 225 g/mol. The van der Waals surface area contributed by atoms with Crippen molar-refractivity contribution in [3.8, 4) is 0 Å². The SMILES string of the molecule is C=C(CCCC)c1ccc(C)cc1F.CC.CN. The normalized spacial score (nSPS) is 8.61. The van der Waals surface area contributed by atoms with E-state index in [0.717, 1.165) is 30.4 Å². The molecule has 0 saturated carbocycles. The van der Waals surface area contributed by atoms with Gasteiger partial charge in [-0.05, 0) is 44.0 Å². The molecule has 0 heterocycles. The van der Waals surface area contributed by atoms with Gasteiger partial charge in [-0.2, -0.15) is 0 Å². The summed E-state index contributed by atoms with van der Waals surface area (Å²) in [5.74, 6) is -0.147. The minimum atomic E-state index is -0.147. The molecule has 0 bridgehead atoms. The van der Waals surface area contributed by atoms with Gasteiger partial charge in [0.05, 0.1) is 0 Å². The topological polar surface area (TPSA) is 26.0 Å². The summed E-state index contributed by atoms with van der Waals surface area (Å²) in [6.07, 6.45) is 3.08. The molecule has 0 unspecified atom stereocenters. The Bertz CT molecular complexity index is 332. The minimum Gasteiger partial charge on any atom is -0.333 e. The first kappa shape index (κ1) is 19.2. The molecule has 0 spiro atoms. The molecule has 0 aromatic heterocycles. The molecule has 0 radical (unpaired) electrons. The van der Waals surface area contributed by atoms with E-state index in [4.69, 9.17) is 0 Å². The van der Waals surface area contributed by atoms with Crippen molar-refractivity contribution in [3.63, 3.8) is 0 Å². The zero-order valence-corrected chi connectivity index (χ0v) is 12.5. The highest BCUT2D eigenvalue weighted by molar-refractivity contribution is 5.63. The highest BCUT2D eigenvalue weighted by Crippen LogP contribution is 2.22. The Hall–Kier alpha value is -1.15. The molecule has 1 aromatic carbocycles. The van der Waals surface area contributed by atoms with Gasteiger partial charge in [0.2, 0.25) is 0 Å². The van der Waals surface area contributed by atoms with E-state index in [-0.39, 0.29) is 5.82 Å². The smallest absolute Gasteiger partial charge is 0.130 e. The summed E-state index contributed by atoms with van der Waals surface area (Å²) in [5.41, 5.74) is 7.03. The molecule has 104 valence electrons. The van der Waals surface area contributed by atoms with Crippen molar-refractivity contribution >= 4 is 5.57 Å². The molecule has 0 aliphatic carbocycles. The van der Waals surface area contributed by atoms with E-state index < -0.39 is 0 Å². The first-order chi connectivity index (χ1) is 8.65. The number of halogens is 1. The van der Waals surface area contributed by atoms with Crippen LogP contribution in [0, 0.1) is 12.7 Å². The Morgan fingerprint density at radius 3 is 2.28 bits per heavy atom. The number of nitrogens with two attached hydrogens (primary N) is 1. The average molecular weight is 253 g/mol. The van der Waals surface area contributed by atoms with Gasteiger partial charge in [0.1, 0.15) is 5.82 Å². The van der Waals surface area contributed by atoms with Crippen LogP contribution < -0.4 is 5.73 Å². The van der Waals surface area contributed by atoms with Crippen LogP contribution >= 0.6 is 0 Å². The van der Waals surface area contributed by atoms with E-state index >= 15 is 0 Å². The molecule has 0 atom stereocenters. The predicted molar refractivity (Wildman–Crippen MR) is 81.2 cm³/mol. The lowest BCUT2D eigenvalue weighted by Crippen LogP contribution is -1.90. The van der Waals surface area contributed by atoms with Crippen LogP contribution in [-0.4, -0.2) is 7.05 Å². The van der Waals surface area contributed by atoms with Crippen molar-refractivity contribution in [2.24, 2.45) is 5.73 Å². The Kier molecular flexibility index (Phi) is 13.1. The lowest BCUT2D eigenvalue weighted by atomic mass is 10.0. The Labute approximate surface area is 112 Å². The zero-order chi connectivity index (χ0) is 14.6. The summed E-state index contributed by atoms with van der Waals surface area (Å²) in [5, 5.41) is 0. The number of hydrogen-bond acceptors (Lipinski definition) is 1. The molecule has 1 nitrogen and oxygen atoms in total. The van der Waals surface area contributed by atoms with Crippen molar-refractivity contribution in [1.82, 2.24) is 0 Å². The average Bonchev–Trinajstić information content (AvgIpc) is 2.40. The molecule has 0 aliphatic heterocycles. The molecule has 0 aliphatic rings. The minimum absolute atomic E-state index is 0.147. The summed E-state index contributed by atoms with van der Waals surface area (Å²) in [6, 6.07) is 5.31. The van der Waals surface area contributed by atoms with Gasteiger partial charge in [0.15, 0.2) is 0 Å². The second-order valence-electron chi connectivity index (χ2n) is 3.69. The van der Waals surface area contributed by atoms with Crippen LogP contribution in [0.1, 0.15) is 51.2 Å². The van der Waals surface area contributed by atoms with Crippen molar-refractivity contribution in [3.05, 3.63) is 41.7 Å². The van der Waals surface area contributed by atoms with Gasteiger partial charge < -0.3 is 5.73 Å². The van der Waals surface area contributed by atoms with Crippen molar-refractivity contribution < 1.29 is 4.39 Å². The first-order valence-electron chi connectivity index (χ1n) is 6.67. The largest absolute Gasteiger partial charge is 0.333 e. The predicted octanol–water partition coefficient (Wildman–Crippen LogP) is 4.94. The van der Waals surface area contributed by atoms with Gasteiger partial charge in [-0.25, -0.2) is 4.39 Å². The van der Waals surface area contributed by atoms with E-state index in [1.165, 1.54) is 7.05 Å².